The largest absolute Gasteiger partial charge is 0.454 e. The summed E-state index contributed by atoms with van der Waals surface area (Å²) in [6.07, 6.45) is 0.728. The van der Waals surface area contributed by atoms with Gasteiger partial charge in [-0.25, -0.2) is 4.68 Å². The molecule has 2 heterocycles. The first-order chi connectivity index (χ1) is 13.7. The van der Waals surface area contributed by atoms with E-state index in [0.29, 0.717) is 23.7 Å². The van der Waals surface area contributed by atoms with E-state index in [2.05, 4.69) is 10.4 Å². The molecule has 28 heavy (non-hydrogen) atoms. The summed E-state index contributed by atoms with van der Waals surface area (Å²) in [6, 6.07) is 18.4. The summed E-state index contributed by atoms with van der Waals surface area (Å²) in [5.41, 5.74) is 2.17. The van der Waals surface area contributed by atoms with Crippen LogP contribution in [-0.2, 0) is 17.8 Å². The standard InChI is InChI=1S/C21H19N3O4/c25-20(22-11-10-15-4-2-1-3-5-15)13-24-21(26)9-7-17(23-24)16-6-8-18-19(12-16)28-14-27-18/h1-9,12H,10-11,13-14H2,(H,22,25). The summed E-state index contributed by atoms with van der Waals surface area (Å²) < 4.78 is 11.8. The van der Waals surface area contributed by atoms with Gasteiger partial charge < -0.3 is 14.8 Å². The molecule has 2 aromatic carbocycles. The molecule has 0 saturated carbocycles. The van der Waals surface area contributed by atoms with Crippen LogP contribution in [0.15, 0.2) is 65.5 Å². The van der Waals surface area contributed by atoms with E-state index in [4.69, 9.17) is 9.47 Å². The number of nitrogens with zero attached hydrogens (tertiary/aromatic N) is 2. The van der Waals surface area contributed by atoms with Crippen LogP contribution in [0.2, 0.25) is 0 Å². The Bertz CT molecular complexity index is 1050. The maximum absolute atomic E-state index is 12.2. The van der Waals surface area contributed by atoms with Crippen LogP contribution in [0.5, 0.6) is 11.5 Å². The van der Waals surface area contributed by atoms with Crippen LogP contribution in [-0.4, -0.2) is 29.0 Å². The second-order valence-corrected chi connectivity index (χ2v) is 6.37. The van der Waals surface area contributed by atoms with Crippen LogP contribution in [0.1, 0.15) is 5.56 Å². The van der Waals surface area contributed by atoms with Gasteiger partial charge in [-0.05, 0) is 36.2 Å². The van der Waals surface area contributed by atoms with E-state index in [1.54, 1.807) is 18.2 Å². The second-order valence-electron chi connectivity index (χ2n) is 6.37. The molecule has 0 saturated heterocycles. The molecule has 0 radical (unpaired) electrons. The lowest BCUT2D eigenvalue weighted by Crippen LogP contribution is -2.34. The normalized spacial score (nSPS) is 12.0. The predicted octanol–water partition coefficient (Wildman–Crippen LogP) is 2.00. The van der Waals surface area contributed by atoms with Crippen molar-refractivity contribution in [2.45, 2.75) is 13.0 Å². The molecule has 0 fully saturated rings. The molecule has 1 aliphatic heterocycles. The van der Waals surface area contributed by atoms with E-state index in [1.807, 2.05) is 36.4 Å². The maximum atomic E-state index is 12.2. The van der Waals surface area contributed by atoms with Gasteiger partial charge in [-0.3, -0.25) is 9.59 Å². The maximum Gasteiger partial charge on any atom is 0.267 e. The zero-order valence-corrected chi connectivity index (χ0v) is 15.1. The second kappa shape index (κ2) is 7.96. The van der Waals surface area contributed by atoms with Crippen LogP contribution in [0, 0.1) is 0 Å². The molecular weight excluding hydrogens is 358 g/mol. The third-order valence-electron chi connectivity index (χ3n) is 4.41. The minimum absolute atomic E-state index is 0.133. The van der Waals surface area contributed by atoms with E-state index >= 15 is 0 Å². The van der Waals surface area contributed by atoms with Gasteiger partial charge in [0.15, 0.2) is 11.5 Å². The van der Waals surface area contributed by atoms with Gasteiger partial charge in [0.05, 0.1) is 5.69 Å². The van der Waals surface area contributed by atoms with Crippen molar-refractivity contribution in [3.63, 3.8) is 0 Å². The number of aromatic nitrogens is 2. The quantitative estimate of drug-likeness (QED) is 0.711. The van der Waals surface area contributed by atoms with Crippen molar-refractivity contribution in [1.29, 1.82) is 0 Å². The van der Waals surface area contributed by atoms with Gasteiger partial charge in [0.2, 0.25) is 12.7 Å². The van der Waals surface area contributed by atoms with E-state index in [9.17, 15) is 9.59 Å². The van der Waals surface area contributed by atoms with Crippen LogP contribution in [0.25, 0.3) is 11.3 Å². The van der Waals surface area contributed by atoms with Crippen molar-refractivity contribution < 1.29 is 14.3 Å². The predicted molar refractivity (Wildman–Crippen MR) is 103 cm³/mol. The van der Waals surface area contributed by atoms with Gasteiger partial charge in [0.25, 0.3) is 5.56 Å². The van der Waals surface area contributed by atoms with Gasteiger partial charge in [0.1, 0.15) is 6.54 Å². The first-order valence-corrected chi connectivity index (χ1v) is 8.98. The molecule has 1 aromatic heterocycles. The van der Waals surface area contributed by atoms with E-state index in [-0.39, 0.29) is 24.8 Å². The minimum atomic E-state index is -0.331. The van der Waals surface area contributed by atoms with Crippen molar-refractivity contribution in [3.8, 4) is 22.8 Å². The molecule has 7 nitrogen and oxygen atoms in total. The van der Waals surface area contributed by atoms with Crippen molar-refractivity contribution in [2.75, 3.05) is 13.3 Å². The third kappa shape index (κ3) is 4.03. The van der Waals surface area contributed by atoms with Gasteiger partial charge in [-0.2, -0.15) is 5.10 Å². The summed E-state index contributed by atoms with van der Waals surface area (Å²) in [5, 5.41) is 7.15. The van der Waals surface area contributed by atoms with E-state index < -0.39 is 0 Å². The summed E-state index contributed by atoms with van der Waals surface area (Å²) in [6.45, 7) is 0.556. The highest BCUT2D eigenvalue weighted by molar-refractivity contribution is 5.75. The number of fused-ring (bicyclic) bond motifs is 1. The average molecular weight is 377 g/mol. The smallest absolute Gasteiger partial charge is 0.267 e. The van der Waals surface area contributed by atoms with Crippen molar-refractivity contribution in [3.05, 3.63) is 76.6 Å². The number of rotatable bonds is 6. The summed E-state index contributed by atoms with van der Waals surface area (Å²) in [4.78, 5) is 24.3. The number of ether oxygens (including phenoxy) is 2. The Kier molecular flexibility index (Phi) is 5.05. The summed E-state index contributed by atoms with van der Waals surface area (Å²) in [5.74, 6) is 1.05. The lowest BCUT2D eigenvalue weighted by molar-refractivity contribution is -0.121. The zero-order valence-electron chi connectivity index (χ0n) is 15.1. The molecule has 7 heteroatoms. The van der Waals surface area contributed by atoms with Gasteiger partial charge in [0, 0.05) is 18.2 Å². The SMILES string of the molecule is O=C(Cn1nc(-c2ccc3c(c2)OCO3)ccc1=O)NCCc1ccccc1. The highest BCUT2D eigenvalue weighted by atomic mass is 16.7. The topological polar surface area (TPSA) is 82.5 Å². The summed E-state index contributed by atoms with van der Waals surface area (Å²) in [7, 11) is 0. The van der Waals surface area contributed by atoms with E-state index in [1.165, 1.54) is 6.07 Å². The highest BCUT2D eigenvalue weighted by Crippen LogP contribution is 2.35. The first-order valence-electron chi connectivity index (χ1n) is 8.98. The van der Waals surface area contributed by atoms with Crippen LogP contribution < -0.4 is 20.3 Å². The number of nitrogens with one attached hydrogen (secondary N) is 1. The fourth-order valence-corrected chi connectivity index (χ4v) is 2.95. The Hall–Kier alpha value is -3.61. The van der Waals surface area contributed by atoms with Crippen LogP contribution in [0.4, 0.5) is 0 Å². The Morgan fingerprint density at radius 2 is 1.86 bits per heavy atom. The van der Waals surface area contributed by atoms with Gasteiger partial charge >= 0.3 is 0 Å². The molecule has 4 rings (SSSR count). The van der Waals surface area contributed by atoms with Crippen LogP contribution >= 0.6 is 0 Å². The average Bonchev–Trinajstić information content (AvgIpc) is 3.18. The van der Waals surface area contributed by atoms with Crippen molar-refractivity contribution in [1.82, 2.24) is 15.1 Å². The molecule has 0 bridgehead atoms. The molecular formula is C21H19N3O4. The number of hydrogen-bond acceptors (Lipinski definition) is 5. The summed E-state index contributed by atoms with van der Waals surface area (Å²) >= 11 is 0. The van der Waals surface area contributed by atoms with Crippen LogP contribution in [0.3, 0.4) is 0 Å². The third-order valence-corrected chi connectivity index (χ3v) is 4.41. The zero-order chi connectivity index (χ0) is 19.3. The first kappa shape index (κ1) is 17.8. The van der Waals surface area contributed by atoms with E-state index in [0.717, 1.165) is 22.2 Å². The minimum Gasteiger partial charge on any atom is -0.454 e. The molecule has 1 N–H and O–H groups in total. The Labute approximate surface area is 161 Å². The fourth-order valence-electron chi connectivity index (χ4n) is 2.95. The number of carbonyl (C=O) groups is 1. The molecule has 1 amide bonds. The monoisotopic (exact) mass is 377 g/mol. The van der Waals surface area contributed by atoms with Gasteiger partial charge in [-0.15, -0.1) is 0 Å². The lowest BCUT2D eigenvalue weighted by Gasteiger charge is -2.09. The number of carbonyl (C=O) groups excluding carboxylic acids is 1. The molecule has 0 spiro atoms. The fraction of sp³-hybridized carbons (Fsp3) is 0.190. The van der Waals surface area contributed by atoms with Crippen molar-refractivity contribution in [2.24, 2.45) is 0 Å². The molecule has 1 aliphatic rings. The Balaban J connectivity index is 1.42. The number of amides is 1. The molecule has 0 aliphatic carbocycles. The molecule has 0 atom stereocenters. The molecule has 0 unspecified atom stereocenters. The number of benzene rings is 2. The highest BCUT2D eigenvalue weighted by Gasteiger charge is 2.15. The van der Waals surface area contributed by atoms with Gasteiger partial charge in [-0.1, -0.05) is 30.3 Å². The Morgan fingerprint density at radius 1 is 1.04 bits per heavy atom. The molecule has 142 valence electrons. The number of hydrogen-bond donors (Lipinski definition) is 1. The lowest BCUT2D eigenvalue weighted by atomic mass is 10.1. The Morgan fingerprint density at radius 3 is 2.71 bits per heavy atom. The van der Waals surface area contributed by atoms with Crippen molar-refractivity contribution >= 4 is 5.91 Å². The molecule has 3 aromatic rings.